The fourth-order valence-electron chi connectivity index (χ4n) is 1.75. The zero-order valence-corrected chi connectivity index (χ0v) is 11.0. The molecule has 0 fully saturated rings. The van der Waals surface area contributed by atoms with Crippen molar-refractivity contribution in [2.45, 2.75) is 13.1 Å². The topological polar surface area (TPSA) is 68.0 Å². The quantitative estimate of drug-likeness (QED) is 0.836. The molecule has 3 N–H and O–H groups in total. The van der Waals surface area contributed by atoms with E-state index in [1.165, 1.54) is 6.07 Å². The number of carbonyl (C=O) groups excluding carboxylic acids is 1. The van der Waals surface area contributed by atoms with E-state index >= 15 is 0 Å². The van der Waals surface area contributed by atoms with E-state index in [9.17, 15) is 18.0 Å². The minimum absolute atomic E-state index is 0.125. The van der Waals surface area contributed by atoms with Gasteiger partial charge < -0.3 is 11.1 Å². The van der Waals surface area contributed by atoms with Gasteiger partial charge >= 0.3 is 6.18 Å². The van der Waals surface area contributed by atoms with Crippen LogP contribution in [-0.4, -0.2) is 10.9 Å². The van der Waals surface area contributed by atoms with Gasteiger partial charge in [0.05, 0.1) is 16.9 Å². The van der Waals surface area contributed by atoms with Gasteiger partial charge in [0.1, 0.15) is 0 Å². The first-order valence-corrected chi connectivity index (χ1v) is 5.98. The summed E-state index contributed by atoms with van der Waals surface area (Å²) in [4.78, 5) is 16.0. The zero-order valence-electron chi connectivity index (χ0n) is 11.0. The first-order valence-electron chi connectivity index (χ1n) is 5.98. The SMILES string of the molecule is Cc1ncccc1NC(=O)c1ccc(N)c(C(F)(F)F)c1. The number of nitrogens with one attached hydrogen (secondary N) is 1. The molecule has 0 aliphatic rings. The van der Waals surface area contributed by atoms with Crippen molar-refractivity contribution >= 4 is 17.3 Å². The molecule has 2 rings (SSSR count). The normalized spacial score (nSPS) is 11.2. The van der Waals surface area contributed by atoms with Gasteiger partial charge in [0.25, 0.3) is 5.91 Å². The summed E-state index contributed by atoms with van der Waals surface area (Å²) in [6, 6.07) is 6.27. The molecule has 2 aromatic rings. The Labute approximate surface area is 118 Å². The summed E-state index contributed by atoms with van der Waals surface area (Å²) in [7, 11) is 0. The fraction of sp³-hybridized carbons (Fsp3) is 0.143. The molecule has 1 aromatic carbocycles. The van der Waals surface area contributed by atoms with Gasteiger partial charge in [0, 0.05) is 17.4 Å². The summed E-state index contributed by atoms with van der Waals surface area (Å²) in [6.07, 6.45) is -3.06. The molecule has 7 heteroatoms. The number of hydrogen-bond donors (Lipinski definition) is 2. The van der Waals surface area contributed by atoms with E-state index in [0.717, 1.165) is 12.1 Å². The van der Waals surface area contributed by atoms with E-state index in [0.29, 0.717) is 11.4 Å². The fourth-order valence-corrected chi connectivity index (χ4v) is 1.75. The van der Waals surface area contributed by atoms with Gasteiger partial charge in [-0.2, -0.15) is 13.2 Å². The minimum atomic E-state index is -4.61. The Morgan fingerprint density at radius 3 is 2.62 bits per heavy atom. The summed E-state index contributed by atoms with van der Waals surface area (Å²) in [5, 5.41) is 2.52. The van der Waals surface area contributed by atoms with Gasteiger partial charge in [-0.25, -0.2) is 0 Å². The lowest BCUT2D eigenvalue weighted by molar-refractivity contribution is -0.136. The van der Waals surface area contributed by atoms with Gasteiger partial charge in [-0.15, -0.1) is 0 Å². The lowest BCUT2D eigenvalue weighted by atomic mass is 10.1. The Hall–Kier alpha value is -2.57. The summed E-state index contributed by atoms with van der Waals surface area (Å²) in [5.74, 6) is -0.656. The van der Waals surface area contributed by atoms with E-state index in [4.69, 9.17) is 5.73 Å². The van der Waals surface area contributed by atoms with Gasteiger partial charge in [-0.05, 0) is 37.3 Å². The molecule has 1 aromatic heterocycles. The largest absolute Gasteiger partial charge is 0.418 e. The second kappa shape index (κ2) is 5.43. The van der Waals surface area contributed by atoms with Crippen LogP contribution in [0.3, 0.4) is 0 Å². The second-order valence-electron chi connectivity index (χ2n) is 4.39. The lowest BCUT2D eigenvalue weighted by Crippen LogP contribution is -2.16. The first-order chi connectivity index (χ1) is 9.79. The molecule has 0 saturated heterocycles. The predicted octanol–water partition coefficient (Wildman–Crippen LogP) is 3.24. The van der Waals surface area contributed by atoms with Crippen LogP contribution in [0.5, 0.6) is 0 Å². The van der Waals surface area contributed by atoms with Crippen LogP contribution in [0.25, 0.3) is 0 Å². The van der Waals surface area contributed by atoms with Gasteiger partial charge in [0.15, 0.2) is 0 Å². The molecule has 4 nitrogen and oxygen atoms in total. The number of halogens is 3. The predicted molar refractivity (Wildman–Crippen MR) is 72.8 cm³/mol. The Morgan fingerprint density at radius 1 is 1.29 bits per heavy atom. The van der Waals surface area contributed by atoms with E-state index in [1.54, 1.807) is 25.3 Å². The molecule has 0 atom stereocenters. The average molecular weight is 295 g/mol. The molecule has 21 heavy (non-hydrogen) atoms. The first kappa shape index (κ1) is 14.8. The molecule has 0 bridgehead atoms. The van der Waals surface area contributed by atoms with Crippen molar-refractivity contribution in [2.75, 3.05) is 11.1 Å². The van der Waals surface area contributed by atoms with Crippen molar-refractivity contribution in [2.24, 2.45) is 0 Å². The maximum absolute atomic E-state index is 12.8. The van der Waals surface area contributed by atoms with Crippen LogP contribution in [0.1, 0.15) is 21.6 Å². The number of amides is 1. The molecule has 1 amide bonds. The second-order valence-corrected chi connectivity index (χ2v) is 4.39. The molecular formula is C14H12F3N3O. The average Bonchev–Trinajstić information content (AvgIpc) is 2.40. The number of benzene rings is 1. The van der Waals surface area contributed by atoms with Crippen LogP contribution in [0.15, 0.2) is 36.5 Å². The van der Waals surface area contributed by atoms with E-state index in [-0.39, 0.29) is 5.56 Å². The number of rotatable bonds is 2. The van der Waals surface area contributed by atoms with Crippen molar-refractivity contribution in [3.63, 3.8) is 0 Å². The highest BCUT2D eigenvalue weighted by molar-refractivity contribution is 6.04. The number of aromatic nitrogens is 1. The molecule has 110 valence electrons. The van der Waals surface area contributed by atoms with E-state index < -0.39 is 23.3 Å². The number of aryl methyl sites for hydroxylation is 1. The molecule has 0 unspecified atom stereocenters. The lowest BCUT2D eigenvalue weighted by Gasteiger charge is -2.12. The Bertz CT molecular complexity index is 683. The smallest absolute Gasteiger partial charge is 0.398 e. The van der Waals surface area contributed by atoms with Gasteiger partial charge in [-0.3, -0.25) is 9.78 Å². The highest BCUT2D eigenvalue weighted by Gasteiger charge is 2.33. The number of alkyl halides is 3. The maximum atomic E-state index is 12.8. The standard InChI is InChI=1S/C14H12F3N3O/c1-8-12(3-2-6-19-8)20-13(21)9-4-5-11(18)10(7-9)14(15,16)17/h2-7H,18H2,1H3,(H,20,21). The van der Waals surface area contributed by atoms with Crippen molar-refractivity contribution in [3.8, 4) is 0 Å². The van der Waals surface area contributed by atoms with E-state index in [1.807, 2.05) is 0 Å². The summed E-state index contributed by atoms with van der Waals surface area (Å²) in [5.41, 5.74) is 4.72. The number of anilines is 2. The monoisotopic (exact) mass is 295 g/mol. The Balaban J connectivity index is 2.31. The van der Waals surface area contributed by atoms with Crippen molar-refractivity contribution < 1.29 is 18.0 Å². The van der Waals surface area contributed by atoms with Gasteiger partial charge in [-0.1, -0.05) is 0 Å². The van der Waals surface area contributed by atoms with Crippen LogP contribution in [0.2, 0.25) is 0 Å². The molecule has 0 radical (unpaired) electrons. The number of hydrogen-bond acceptors (Lipinski definition) is 3. The van der Waals surface area contributed by atoms with Crippen LogP contribution < -0.4 is 11.1 Å². The van der Waals surface area contributed by atoms with Crippen LogP contribution in [-0.2, 0) is 6.18 Å². The Kier molecular flexibility index (Phi) is 3.84. The zero-order chi connectivity index (χ0) is 15.6. The van der Waals surface area contributed by atoms with Crippen LogP contribution in [0.4, 0.5) is 24.5 Å². The Morgan fingerprint density at radius 2 is 2.00 bits per heavy atom. The molecule has 0 aliphatic heterocycles. The molecule has 0 spiro atoms. The minimum Gasteiger partial charge on any atom is -0.398 e. The van der Waals surface area contributed by atoms with Gasteiger partial charge in [0.2, 0.25) is 0 Å². The number of nitrogens with two attached hydrogens (primary N) is 1. The number of pyridine rings is 1. The molecule has 0 saturated carbocycles. The third-order valence-corrected chi connectivity index (χ3v) is 2.88. The third kappa shape index (κ3) is 3.31. The molecule has 0 aliphatic carbocycles. The molecule has 1 heterocycles. The van der Waals surface area contributed by atoms with Crippen molar-refractivity contribution in [1.82, 2.24) is 4.98 Å². The van der Waals surface area contributed by atoms with Crippen molar-refractivity contribution in [3.05, 3.63) is 53.3 Å². The summed E-state index contributed by atoms with van der Waals surface area (Å²) in [6.45, 7) is 1.68. The third-order valence-electron chi connectivity index (χ3n) is 2.88. The number of carbonyl (C=O) groups is 1. The van der Waals surface area contributed by atoms with Crippen LogP contribution in [0, 0.1) is 6.92 Å². The maximum Gasteiger partial charge on any atom is 0.418 e. The van der Waals surface area contributed by atoms with Crippen molar-refractivity contribution in [1.29, 1.82) is 0 Å². The summed E-state index contributed by atoms with van der Waals surface area (Å²) >= 11 is 0. The number of nitrogens with zero attached hydrogens (tertiary/aromatic N) is 1. The number of nitrogen functional groups attached to an aromatic ring is 1. The van der Waals surface area contributed by atoms with Crippen LogP contribution >= 0.6 is 0 Å². The van der Waals surface area contributed by atoms with E-state index in [2.05, 4.69) is 10.3 Å². The highest BCUT2D eigenvalue weighted by atomic mass is 19.4. The highest BCUT2D eigenvalue weighted by Crippen LogP contribution is 2.34. The summed E-state index contributed by atoms with van der Waals surface area (Å²) < 4.78 is 38.3. The molecular weight excluding hydrogens is 283 g/mol.